The summed E-state index contributed by atoms with van der Waals surface area (Å²) in [7, 11) is 0. The Balaban J connectivity index is 2.50. The van der Waals surface area contributed by atoms with Gasteiger partial charge in [-0.25, -0.2) is 8.78 Å². The molecule has 18 heavy (non-hydrogen) atoms. The highest BCUT2D eigenvalue weighted by molar-refractivity contribution is 6.82. The van der Waals surface area contributed by atoms with Crippen LogP contribution in [0.3, 0.4) is 0 Å². The van der Waals surface area contributed by atoms with Crippen molar-refractivity contribution < 1.29 is 18.1 Å². The Bertz CT molecular complexity index is 416. The van der Waals surface area contributed by atoms with E-state index in [9.17, 15) is 8.78 Å². The lowest BCUT2D eigenvalue weighted by molar-refractivity contribution is 0.00578. The Morgan fingerprint density at radius 2 is 1.39 bits per heavy atom. The Kier molecular flexibility index (Phi) is 3.02. The Labute approximate surface area is 106 Å². The molecule has 1 aliphatic rings. The summed E-state index contributed by atoms with van der Waals surface area (Å²) in [5.41, 5.74) is -1.12. The number of alkyl halides is 2. The zero-order chi connectivity index (χ0) is 13.6. The fourth-order valence-corrected chi connectivity index (χ4v) is 2.29. The summed E-state index contributed by atoms with van der Waals surface area (Å²) in [5, 5.41) is 0. The standard InChI is InChI=1S/C13H18BF2O2/c1-12(2)13(3,4)18-14(17-12,11(15)16)10-8-6-5-7-9-10/h5-9,11H,1-4H3/q-1. The lowest BCUT2D eigenvalue weighted by Gasteiger charge is -2.36. The topological polar surface area (TPSA) is 18.5 Å². The fourth-order valence-electron chi connectivity index (χ4n) is 2.29. The molecule has 1 saturated heterocycles. The first-order chi connectivity index (χ1) is 8.21. The molecule has 0 radical (unpaired) electrons. The molecule has 1 aliphatic heterocycles. The van der Waals surface area contributed by atoms with Gasteiger partial charge in [0.1, 0.15) is 0 Å². The van der Waals surface area contributed by atoms with Crippen molar-refractivity contribution in [2.24, 2.45) is 0 Å². The van der Waals surface area contributed by atoms with E-state index in [2.05, 4.69) is 0 Å². The van der Waals surface area contributed by atoms with Crippen LogP contribution in [-0.4, -0.2) is 24.1 Å². The summed E-state index contributed by atoms with van der Waals surface area (Å²) in [5.74, 6) is 0. The third-order valence-electron chi connectivity index (χ3n) is 3.99. The average Bonchev–Trinajstić information content (AvgIpc) is 2.47. The minimum atomic E-state index is -2.75. The predicted octanol–water partition coefficient (Wildman–Crippen LogP) is 2.74. The van der Waals surface area contributed by atoms with Gasteiger partial charge < -0.3 is 9.31 Å². The van der Waals surface area contributed by atoms with Gasteiger partial charge in [0, 0.05) is 11.2 Å². The van der Waals surface area contributed by atoms with Gasteiger partial charge in [-0.05, 0) is 27.7 Å². The summed E-state index contributed by atoms with van der Waals surface area (Å²) >= 11 is 0. The highest BCUT2D eigenvalue weighted by atomic mass is 19.3. The van der Waals surface area contributed by atoms with Gasteiger partial charge in [0.05, 0.1) is 0 Å². The number of hydrogen-bond acceptors (Lipinski definition) is 2. The molecule has 2 nitrogen and oxygen atoms in total. The summed E-state index contributed by atoms with van der Waals surface area (Å²) in [6, 6.07) is 8.47. The molecule has 0 saturated carbocycles. The second-order valence-electron chi connectivity index (χ2n) is 5.77. The summed E-state index contributed by atoms with van der Waals surface area (Å²) < 4.78 is 38.5. The van der Waals surface area contributed by atoms with E-state index in [-0.39, 0.29) is 0 Å². The lowest BCUT2D eigenvalue weighted by atomic mass is 9.52. The number of hydrogen-bond donors (Lipinski definition) is 0. The average molecular weight is 255 g/mol. The predicted molar refractivity (Wildman–Crippen MR) is 68.2 cm³/mol. The SMILES string of the molecule is CC1(C)O[B-](c2ccccc2)(C(F)F)OC1(C)C. The monoisotopic (exact) mass is 255 g/mol. The molecule has 1 heterocycles. The van der Waals surface area contributed by atoms with Gasteiger partial charge in [-0.15, -0.1) is 5.46 Å². The van der Waals surface area contributed by atoms with Crippen molar-refractivity contribution in [2.45, 2.75) is 45.2 Å². The van der Waals surface area contributed by atoms with Crippen molar-refractivity contribution in [1.82, 2.24) is 0 Å². The van der Waals surface area contributed by atoms with Crippen molar-refractivity contribution in [3.63, 3.8) is 0 Å². The van der Waals surface area contributed by atoms with E-state index in [0.717, 1.165) is 0 Å². The second-order valence-corrected chi connectivity index (χ2v) is 5.77. The number of benzene rings is 1. The van der Waals surface area contributed by atoms with E-state index < -0.39 is 24.1 Å². The van der Waals surface area contributed by atoms with E-state index in [1.807, 2.05) is 0 Å². The quantitative estimate of drug-likeness (QED) is 0.756. The summed E-state index contributed by atoms with van der Waals surface area (Å²) in [6.07, 6.45) is -2.69. The summed E-state index contributed by atoms with van der Waals surface area (Å²) in [6.45, 7) is 4.37. The molecule has 0 atom stereocenters. The normalized spacial score (nSPS) is 24.4. The van der Waals surface area contributed by atoms with Crippen LogP contribution in [0.1, 0.15) is 27.7 Å². The van der Waals surface area contributed by atoms with Crippen molar-refractivity contribution in [3.8, 4) is 0 Å². The van der Waals surface area contributed by atoms with Crippen LogP contribution in [-0.2, 0) is 9.31 Å². The van der Waals surface area contributed by atoms with E-state index in [1.165, 1.54) is 0 Å². The molecule has 1 aromatic rings. The molecule has 0 amide bonds. The Morgan fingerprint density at radius 1 is 0.944 bits per heavy atom. The molecule has 0 aromatic heterocycles. The first-order valence-corrected chi connectivity index (χ1v) is 6.10. The number of rotatable bonds is 2. The van der Waals surface area contributed by atoms with E-state index in [1.54, 1.807) is 58.0 Å². The van der Waals surface area contributed by atoms with Crippen LogP contribution in [0.15, 0.2) is 30.3 Å². The van der Waals surface area contributed by atoms with Gasteiger partial charge >= 0.3 is 6.55 Å². The largest absolute Gasteiger partial charge is 0.555 e. The van der Waals surface area contributed by atoms with Crippen LogP contribution < -0.4 is 5.46 Å². The first-order valence-electron chi connectivity index (χ1n) is 6.10. The zero-order valence-electron chi connectivity index (χ0n) is 11.1. The van der Waals surface area contributed by atoms with Gasteiger partial charge in [0.25, 0.3) is 0 Å². The molecule has 0 bridgehead atoms. The van der Waals surface area contributed by atoms with E-state index in [0.29, 0.717) is 5.46 Å². The molecular formula is C13H18BF2O2-. The Hall–Kier alpha value is -0.935. The van der Waals surface area contributed by atoms with Crippen LogP contribution >= 0.6 is 0 Å². The number of halogens is 2. The Morgan fingerprint density at radius 3 is 1.78 bits per heavy atom. The maximum atomic E-state index is 13.5. The molecule has 1 aromatic carbocycles. The van der Waals surface area contributed by atoms with Crippen molar-refractivity contribution in [3.05, 3.63) is 30.3 Å². The van der Waals surface area contributed by atoms with Gasteiger partial charge in [0.15, 0.2) is 6.32 Å². The van der Waals surface area contributed by atoms with Crippen LogP contribution in [0.4, 0.5) is 8.78 Å². The van der Waals surface area contributed by atoms with Gasteiger partial charge in [0.2, 0.25) is 0 Å². The van der Waals surface area contributed by atoms with Crippen molar-refractivity contribution >= 4 is 12.0 Å². The third-order valence-corrected chi connectivity index (χ3v) is 3.99. The van der Waals surface area contributed by atoms with Gasteiger partial charge in [-0.1, -0.05) is 30.3 Å². The lowest BCUT2D eigenvalue weighted by Crippen LogP contribution is -2.58. The molecule has 0 unspecified atom stereocenters. The van der Waals surface area contributed by atoms with Crippen LogP contribution in [0, 0.1) is 0 Å². The molecule has 2 rings (SSSR count). The summed E-state index contributed by atoms with van der Waals surface area (Å²) in [4.78, 5) is 0. The molecule has 0 aliphatic carbocycles. The van der Waals surface area contributed by atoms with Crippen LogP contribution in [0.2, 0.25) is 0 Å². The maximum Gasteiger partial charge on any atom is 0.338 e. The maximum absolute atomic E-state index is 13.5. The van der Waals surface area contributed by atoms with Crippen molar-refractivity contribution in [2.75, 3.05) is 0 Å². The molecular weight excluding hydrogens is 237 g/mol. The zero-order valence-corrected chi connectivity index (χ0v) is 11.1. The van der Waals surface area contributed by atoms with Gasteiger partial charge in [-0.2, -0.15) is 0 Å². The third kappa shape index (κ3) is 1.86. The van der Waals surface area contributed by atoms with Crippen molar-refractivity contribution in [1.29, 1.82) is 0 Å². The van der Waals surface area contributed by atoms with E-state index in [4.69, 9.17) is 9.31 Å². The fraction of sp³-hybridized carbons (Fsp3) is 0.538. The highest BCUT2D eigenvalue weighted by Gasteiger charge is 2.56. The first kappa shape index (κ1) is 13.5. The molecule has 100 valence electrons. The van der Waals surface area contributed by atoms with Crippen LogP contribution in [0.5, 0.6) is 0 Å². The van der Waals surface area contributed by atoms with Crippen LogP contribution in [0.25, 0.3) is 0 Å². The molecule has 0 N–H and O–H groups in total. The molecule has 0 spiro atoms. The highest BCUT2D eigenvalue weighted by Crippen LogP contribution is 2.43. The van der Waals surface area contributed by atoms with Gasteiger partial charge in [-0.3, -0.25) is 0 Å². The smallest absolute Gasteiger partial charge is 0.338 e. The van der Waals surface area contributed by atoms with E-state index >= 15 is 0 Å². The minimum absolute atomic E-state index is 0.408. The molecule has 5 heteroatoms. The molecule has 1 fully saturated rings. The second kappa shape index (κ2) is 4.03. The minimum Gasteiger partial charge on any atom is -0.555 e.